The van der Waals surface area contributed by atoms with Gasteiger partial charge in [0.15, 0.2) is 5.65 Å². The van der Waals surface area contributed by atoms with Crippen molar-refractivity contribution < 1.29 is 9.90 Å². The van der Waals surface area contributed by atoms with Crippen LogP contribution < -0.4 is 5.56 Å². The number of aromatic nitrogens is 3. The molecule has 122 valence electrons. The van der Waals surface area contributed by atoms with Crippen LogP contribution in [0.25, 0.3) is 11.0 Å². The van der Waals surface area contributed by atoms with Gasteiger partial charge < -0.3 is 15.0 Å². The summed E-state index contributed by atoms with van der Waals surface area (Å²) in [5.74, 6) is 1.11. The number of amides is 1. The number of likely N-dealkylation sites (tertiary alicyclic amines) is 1. The van der Waals surface area contributed by atoms with Crippen molar-refractivity contribution in [1.29, 1.82) is 0 Å². The normalized spacial score (nSPS) is 16.0. The van der Waals surface area contributed by atoms with Crippen molar-refractivity contribution in [2.24, 2.45) is 0 Å². The van der Waals surface area contributed by atoms with Crippen molar-refractivity contribution in [2.45, 2.75) is 23.8 Å². The average molecular weight is 355 g/mol. The molecule has 3 heterocycles. The van der Waals surface area contributed by atoms with E-state index in [4.69, 9.17) is 16.7 Å². The van der Waals surface area contributed by atoms with Crippen LogP contribution in [-0.2, 0) is 5.75 Å². The molecule has 0 unspecified atom stereocenters. The van der Waals surface area contributed by atoms with Crippen LogP contribution in [0, 0.1) is 0 Å². The predicted molar refractivity (Wildman–Crippen MR) is 89.1 cm³/mol. The summed E-state index contributed by atoms with van der Waals surface area (Å²) < 4.78 is 0. The Bertz CT molecular complexity index is 789. The summed E-state index contributed by atoms with van der Waals surface area (Å²) in [5.41, 5.74) is 0.119. The van der Waals surface area contributed by atoms with Crippen molar-refractivity contribution in [3.05, 3.63) is 33.5 Å². The lowest BCUT2D eigenvalue weighted by Crippen LogP contribution is -2.38. The molecule has 2 aromatic heterocycles. The maximum Gasteiger partial charge on any atom is 0.407 e. The number of piperidine rings is 1. The molecule has 0 radical (unpaired) electrons. The quantitative estimate of drug-likeness (QED) is 0.821. The van der Waals surface area contributed by atoms with Gasteiger partial charge in [-0.1, -0.05) is 11.6 Å². The number of halogens is 1. The van der Waals surface area contributed by atoms with E-state index in [9.17, 15) is 9.59 Å². The van der Waals surface area contributed by atoms with Crippen LogP contribution in [0.3, 0.4) is 0 Å². The van der Waals surface area contributed by atoms with Gasteiger partial charge in [-0.25, -0.2) is 14.8 Å². The minimum Gasteiger partial charge on any atom is -0.465 e. The number of fused-ring (bicyclic) bond motifs is 1. The van der Waals surface area contributed by atoms with Gasteiger partial charge in [0.05, 0.1) is 11.1 Å². The molecule has 1 amide bonds. The van der Waals surface area contributed by atoms with E-state index in [-0.39, 0.29) is 5.56 Å². The van der Waals surface area contributed by atoms with Crippen molar-refractivity contribution >= 4 is 40.5 Å². The lowest BCUT2D eigenvalue weighted by atomic mass is 10.1. The Kier molecular flexibility index (Phi) is 4.72. The molecule has 1 aliphatic heterocycles. The summed E-state index contributed by atoms with van der Waals surface area (Å²) in [6, 6.07) is 3.17. The zero-order chi connectivity index (χ0) is 16.4. The van der Waals surface area contributed by atoms with Gasteiger partial charge in [0.25, 0.3) is 5.56 Å². The summed E-state index contributed by atoms with van der Waals surface area (Å²) in [6.45, 7) is 1.09. The second-order valence-corrected chi connectivity index (χ2v) is 6.97. The molecule has 23 heavy (non-hydrogen) atoms. The SMILES string of the molecule is O=C(O)N1CCC(SCc2nc3nc(Cl)ccc3c(=O)[nH]2)CC1. The molecular weight excluding hydrogens is 340 g/mol. The van der Waals surface area contributed by atoms with Crippen molar-refractivity contribution in [2.75, 3.05) is 13.1 Å². The number of carboxylic acid groups (broad SMARTS) is 1. The fourth-order valence-corrected chi connectivity index (χ4v) is 3.74. The third-order valence-electron chi connectivity index (χ3n) is 3.75. The Morgan fingerprint density at radius 3 is 2.83 bits per heavy atom. The second-order valence-electron chi connectivity index (χ2n) is 5.30. The van der Waals surface area contributed by atoms with Gasteiger partial charge in [-0.3, -0.25) is 4.79 Å². The first kappa shape index (κ1) is 16.1. The van der Waals surface area contributed by atoms with E-state index < -0.39 is 6.09 Å². The number of hydrogen-bond acceptors (Lipinski definition) is 5. The van der Waals surface area contributed by atoms with E-state index in [1.807, 2.05) is 0 Å². The zero-order valence-electron chi connectivity index (χ0n) is 12.2. The summed E-state index contributed by atoms with van der Waals surface area (Å²) in [7, 11) is 0. The van der Waals surface area contributed by atoms with Gasteiger partial charge in [0.2, 0.25) is 0 Å². The highest BCUT2D eigenvalue weighted by Crippen LogP contribution is 2.25. The minimum atomic E-state index is -0.864. The van der Waals surface area contributed by atoms with Crippen molar-refractivity contribution in [1.82, 2.24) is 19.9 Å². The molecule has 3 rings (SSSR count). The number of thioether (sulfide) groups is 1. The third kappa shape index (κ3) is 3.76. The smallest absolute Gasteiger partial charge is 0.407 e. The number of carbonyl (C=O) groups is 1. The van der Waals surface area contributed by atoms with Crippen LogP contribution in [0.15, 0.2) is 16.9 Å². The Morgan fingerprint density at radius 1 is 1.39 bits per heavy atom. The topological polar surface area (TPSA) is 99.2 Å². The van der Waals surface area contributed by atoms with E-state index in [1.165, 1.54) is 4.90 Å². The van der Waals surface area contributed by atoms with Crippen LogP contribution in [-0.4, -0.2) is 49.4 Å². The van der Waals surface area contributed by atoms with Gasteiger partial charge in [-0.15, -0.1) is 0 Å². The van der Waals surface area contributed by atoms with Crippen molar-refractivity contribution in [3.8, 4) is 0 Å². The summed E-state index contributed by atoms with van der Waals surface area (Å²) in [4.78, 5) is 35.5. The average Bonchev–Trinajstić information content (AvgIpc) is 2.53. The molecule has 1 saturated heterocycles. The van der Waals surface area contributed by atoms with Gasteiger partial charge in [-0.05, 0) is 25.0 Å². The van der Waals surface area contributed by atoms with Crippen LogP contribution in [0.1, 0.15) is 18.7 Å². The summed E-state index contributed by atoms with van der Waals surface area (Å²) >= 11 is 7.51. The number of hydrogen-bond donors (Lipinski definition) is 2. The number of pyridine rings is 1. The first-order chi connectivity index (χ1) is 11.0. The molecule has 0 aliphatic carbocycles. The molecule has 2 aromatic rings. The number of nitrogens with one attached hydrogen (secondary N) is 1. The lowest BCUT2D eigenvalue weighted by Gasteiger charge is -2.29. The highest BCUT2D eigenvalue weighted by atomic mass is 35.5. The van der Waals surface area contributed by atoms with Crippen LogP contribution in [0.4, 0.5) is 4.79 Å². The van der Waals surface area contributed by atoms with E-state index in [1.54, 1.807) is 23.9 Å². The van der Waals surface area contributed by atoms with Gasteiger partial charge >= 0.3 is 6.09 Å². The first-order valence-corrected chi connectivity index (χ1v) is 8.60. The van der Waals surface area contributed by atoms with E-state index in [0.29, 0.717) is 46.1 Å². The molecular formula is C14H15ClN4O3S. The Labute approximate surface area is 141 Å². The number of aromatic amines is 1. The van der Waals surface area contributed by atoms with Gasteiger partial charge in [0.1, 0.15) is 11.0 Å². The van der Waals surface area contributed by atoms with Crippen LogP contribution in [0.5, 0.6) is 0 Å². The molecule has 0 atom stereocenters. The molecule has 0 spiro atoms. The fourth-order valence-electron chi connectivity index (χ4n) is 2.52. The van der Waals surface area contributed by atoms with Crippen LogP contribution in [0.2, 0.25) is 5.15 Å². The molecule has 2 N–H and O–H groups in total. The molecule has 9 heteroatoms. The molecule has 0 bridgehead atoms. The maximum absolute atomic E-state index is 12.0. The second kappa shape index (κ2) is 6.76. The fraction of sp³-hybridized carbons (Fsp3) is 0.429. The number of rotatable bonds is 3. The molecule has 0 aromatic carbocycles. The van der Waals surface area contributed by atoms with Crippen LogP contribution >= 0.6 is 23.4 Å². The maximum atomic E-state index is 12.0. The minimum absolute atomic E-state index is 0.226. The molecule has 7 nitrogen and oxygen atoms in total. The molecule has 1 aliphatic rings. The Hall–Kier alpha value is -1.80. The summed E-state index contributed by atoms with van der Waals surface area (Å²) in [5, 5.41) is 10.0. The van der Waals surface area contributed by atoms with Crippen molar-refractivity contribution in [3.63, 3.8) is 0 Å². The highest BCUT2D eigenvalue weighted by Gasteiger charge is 2.22. The number of nitrogens with zero attached hydrogens (tertiary/aromatic N) is 3. The largest absolute Gasteiger partial charge is 0.465 e. The van der Waals surface area contributed by atoms with Gasteiger partial charge in [-0.2, -0.15) is 11.8 Å². The predicted octanol–water partition coefficient (Wildman–Crippen LogP) is 2.35. The highest BCUT2D eigenvalue weighted by molar-refractivity contribution is 7.99. The Balaban J connectivity index is 1.66. The first-order valence-electron chi connectivity index (χ1n) is 7.18. The lowest BCUT2D eigenvalue weighted by molar-refractivity contribution is 0.136. The number of H-pyrrole nitrogens is 1. The molecule has 0 saturated carbocycles. The van der Waals surface area contributed by atoms with Gasteiger partial charge in [0, 0.05) is 18.3 Å². The van der Waals surface area contributed by atoms with E-state index in [2.05, 4.69) is 15.0 Å². The third-order valence-corrected chi connectivity index (χ3v) is 5.35. The summed E-state index contributed by atoms with van der Waals surface area (Å²) in [6.07, 6.45) is 0.745. The standard InChI is InChI=1S/C14H15ClN4O3S/c15-10-2-1-9-12(16-10)17-11(18-13(9)20)7-23-8-3-5-19(6-4-8)14(21)22/h1-2,8H,3-7H2,(H,21,22)(H,16,17,18,20). The molecule has 1 fully saturated rings. The Morgan fingerprint density at radius 2 is 2.13 bits per heavy atom. The monoisotopic (exact) mass is 354 g/mol. The van der Waals surface area contributed by atoms with E-state index >= 15 is 0 Å². The zero-order valence-corrected chi connectivity index (χ0v) is 13.7. The van der Waals surface area contributed by atoms with E-state index in [0.717, 1.165) is 12.8 Å².